The monoisotopic (exact) mass is 365 g/mol. The molecule has 1 saturated heterocycles. The molecule has 2 fully saturated rings. The molecule has 2 heterocycles. The van der Waals surface area contributed by atoms with E-state index in [0.29, 0.717) is 24.7 Å². The number of likely N-dealkylation sites (tertiary alicyclic amines) is 1. The summed E-state index contributed by atoms with van der Waals surface area (Å²) in [7, 11) is 0. The molecular weight excluding hydrogens is 347 g/mol. The van der Waals surface area contributed by atoms with Crippen molar-refractivity contribution in [1.82, 2.24) is 19.7 Å². The summed E-state index contributed by atoms with van der Waals surface area (Å²) >= 11 is 0. The van der Waals surface area contributed by atoms with Crippen LogP contribution < -0.4 is 5.32 Å². The minimum absolute atomic E-state index is 0.138. The number of hydrogen-bond donors (Lipinski definition) is 1. The Balaban J connectivity index is 1.38. The highest BCUT2D eigenvalue weighted by Crippen LogP contribution is 2.40. The summed E-state index contributed by atoms with van der Waals surface area (Å²) in [5, 5.41) is 10.8. The number of anilines is 1. The number of rotatable bonds is 3. The van der Waals surface area contributed by atoms with Crippen LogP contribution in [-0.4, -0.2) is 38.8 Å². The lowest BCUT2D eigenvalue weighted by Gasteiger charge is -2.18. The molecule has 138 valence electrons. The highest BCUT2D eigenvalue weighted by Gasteiger charge is 2.34. The van der Waals surface area contributed by atoms with E-state index in [-0.39, 0.29) is 12.1 Å². The first-order valence-corrected chi connectivity index (χ1v) is 8.54. The summed E-state index contributed by atoms with van der Waals surface area (Å²) in [6.07, 6.45) is 0.393. The largest absolute Gasteiger partial charge is 0.416 e. The maximum absolute atomic E-state index is 12.6. The minimum Gasteiger partial charge on any atom is -0.322 e. The van der Waals surface area contributed by atoms with Crippen molar-refractivity contribution in [3.63, 3.8) is 0 Å². The lowest BCUT2D eigenvalue weighted by atomic mass is 10.2. The molecule has 1 aliphatic carbocycles. The number of alkyl halides is 3. The van der Waals surface area contributed by atoms with Gasteiger partial charge in [0.2, 0.25) is 0 Å². The van der Waals surface area contributed by atoms with Crippen LogP contribution in [0.15, 0.2) is 30.6 Å². The first-order valence-electron chi connectivity index (χ1n) is 8.54. The zero-order valence-electron chi connectivity index (χ0n) is 13.9. The number of hydrogen-bond acceptors (Lipinski definition) is 3. The van der Waals surface area contributed by atoms with Crippen molar-refractivity contribution in [3.8, 4) is 0 Å². The van der Waals surface area contributed by atoms with Crippen molar-refractivity contribution < 1.29 is 18.0 Å². The van der Waals surface area contributed by atoms with Crippen molar-refractivity contribution in [2.75, 3.05) is 18.4 Å². The summed E-state index contributed by atoms with van der Waals surface area (Å²) in [4.78, 5) is 14.1. The third-order valence-electron chi connectivity index (χ3n) is 4.85. The van der Waals surface area contributed by atoms with Crippen LogP contribution in [0.5, 0.6) is 0 Å². The lowest BCUT2D eigenvalue weighted by molar-refractivity contribution is -0.137. The Morgan fingerprint density at radius 3 is 2.54 bits per heavy atom. The standard InChI is InChI=1S/C17H18F3N5O/c18-17(19,20)12-3-5-13(6-4-12)22-16(26)24-8-7-14(9-24)25-10-21-23-15(25)11-1-2-11/h3-6,10-11,14H,1-2,7-9H2,(H,22,26). The summed E-state index contributed by atoms with van der Waals surface area (Å²) in [6, 6.07) is 4.27. The molecule has 1 aromatic carbocycles. The van der Waals surface area contributed by atoms with Crippen LogP contribution in [-0.2, 0) is 6.18 Å². The van der Waals surface area contributed by atoms with Gasteiger partial charge in [-0.3, -0.25) is 0 Å². The topological polar surface area (TPSA) is 63.1 Å². The van der Waals surface area contributed by atoms with Gasteiger partial charge in [-0.1, -0.05) is 0 Å². The number of amides is 2. The molecule has 1 saturated carbocycles. The molecular formula is C17H18F3N5O. The van der Waals surface area contributed by atoms with E-state index in [0.717, 1.165) is 37.2 Å². The zero-order chi connectivity index (χ0) is 18.3. The molecule has 2 aliphatic rings. The van der Waals surface area contributed by atoms with Crippen LogP contribution >= 0.6 is 0 Å². The van der Waals surface area contributed by atoms with Crippen molar-refractivity contribution in [2.45, 2.75) is 37.4 Å². The Kier molecular flexibility index (Phi) is 4.08. The minimum atomic E-state index is -4.39. The van der Waals surface area contributed by atoms with Gasteiger partial charge in [0.25, 0.3) is 0 Å². The third-order valence-corrected chi connectivity index (χ3v) is 4.85. The molecule has 6 nitrogen and oxygen atoms in total. The van der Waals surface area contributed by atoms with Crippen LogP contribution in [0.3, 0.4) is 0 Å². The average molecular weight is 365 g/mol. The summed E-state index contributed by atoms with van der Waals surface area (Å²) in [5.41, 5.74) is -0.397. The smallest absolute Gasteiger partial charge is 0.322 e. The van der Waals surface area contributed by atoms with E-state index in [1.807, 2.05) is 0 Å². The van der Waals surface area contributed by atoms with Gasteiger partial charge in [-0.05, 0) is 43.5 Å². The Hall–Kier alpha value is -2.58. The van der Waals surface area contributed by atoms with Gasteiger partial charge in [0.15, 0.2) is 0 Å². The number of carbonyl (C=O) groups is 1. The van der Waals surface area contributed by atoms with E-state index in [4.69, 9.17) is 0 Å². The highest BCUT2D eigenvalue weighted by atomic mass is 19.4. The second kappa shape index (κ2) is 6.30. The zero-order valence-corrected chi connectivity index (χ0v) is 13.9. The van der Waals surface area contributed by atoms with Gasteiger partial charge in [0.05, 0.1) is 11.6 Å². The first-order chi connectivity index (χ1) is 12.4. The Bertz CT molecular complexity index is 797. The molecule has 4 rings (SSSR count). The maximum atomic E-state index is 12.6. The van der Waals surface area contributed by atoms with E-state index in [1.165, 1.54) is 12.1 Å². The second-order valence-corrected chi connectivity index (χ2v) is 6.76. The van der Waals surface area contributed by atoms with Crippen molar-refractivity contribution in [1.29, 1.82) is 0 Å². The van der Waals surface area contributed by atoms with E-state index in [2.05, 4.69) is 20.1 Å². The first kappa shape index (κ1) is 16.9. The molecule has 1 aromatic heterocycles. The Morgan fingerprint density at radius 2 is 1.88 bits per heavy atom. The van der Waals surface area contributed by atoms with E-state index < -0.39 is 11.7 Å². The molecule has 0 bridgehead atoms. The third kappa shape index (κ3) is 3.38. The van der Waals surface area contributed by atoms with Gasteiger partial charge >= 0.3 is 12.2 Å². The number of aromatic nitrogens is 3. The van der Waals surface area contributed by atoms with Gasteiger partial charge in [0.1, 0.15) is 12.2 Å². The van der Waals surface area contributed by atoms with E-state index in [9.17, 15) is 18.0 Å². The SMILES string of the molecule is O=C(Nc1ccc(C(F)(F)F)cc1)N1CCC(n2cnnc2C2CC2)C1. The van der Waals surface area contributed by atoms with Gasteiger partial charge in [0, 0.05) is 24.7 Å². The summed E-state index contributed by atoms with van der Waals surface area (Å²) in [6.45, 7) is 1.11. The quantitative estimate of drug-likeness (QED) is 0.903. The number of carbonyl (C=O) groups excluding carboxylic acids is 1. The lowest BCUT2D eigenvalue weighted by Crippen LogP contribution is -2.33. The maximum Gasteiger partial charge on any atom is 0.416 e. The average Bonchev–Trinajstić information content (AvgIpc) is 3.12. The normalized spacial score (nSPS) is 20.4. The fraction of sp³-hybridized carbons (Fsp3) is 0.471. The fourth-order valence-corrected chi connectivity index (χ4v) is 3.27. The number of nitrogens with one attached hydrogen (secondary N) is 1. The van der Waals surface area contributed by atoms with Gasteiger partial charge in [-0.2, -0.15) is 13.2 Å². The summed E-state index contributed by atoms with van der Waals surface area (Å²) in [5.74, 6) is 1.47. The molecule has 26 heavy (non-hydrogen) atoms. The molecule has 2 aromatic rings. The number of urea groups is 1. The van der Waals surface area contributed by atoms with Crippen molar-refractivity contribution in [3.05, 3.63) is 42.0 Å². The molecule has 2 amide bonds. The van der Waals surface area contributed by atoms with Crippen LogP contribution in [0.2, 0.25) is 0 Å². The number of halogens is 3. The fourth-order valence-electron chi connectivity index (χ4n) is 3.27. The van der Waals surface area contributed by atoms with Crippen LogP contribution in [0.25, 0.3) is 0 Å². The van der Waals surface area contributed by atoms with Gasteiger partial charge in [-0.15, -0.1) is 10.2 Å². The number of nitrogens with zero attached hydrogens (tertiary/aromatic N) is 4. The van der Waals surface area contributed by atoms with Gasteiger partial charge in [-0.25, -0.2) is 4.79 Å². The molecule has 9 heteroatoms. The molecule has 1 N–H and O–H groups in total. The molecule has 0 spiro atoms. The second-order valence-electron chi connectivity index (χ2n) is 6.76. The van der Waals surface area contributed by atoms with Crippen LogP contribution in [0, 0.1) is 0 Å². The molecule has 1 unspecified atom stereocenters. The Labute approximate surface area is 148 Å². The number of benzene rings is 1. The predicted octanol–water partition coefficient (Wildman–Crippen LogP) is 3.65. The van der Waals surface area contributed by atoms with Crippen LogP contribution in [0.4, 0.5) is 23.7 Å². The van der Waals surface area contributed by atoms with E-state index in [1.54, 1.807) is 11.2 Å². The highest BCUT2D eigenvalue weighted by molar-refractivity contribution is 5.89. The van der Waals surface area contributed by atoms with Crippen molar-refractivity contribution in [2.24, 2.45) is 0 Å². The van der Waals surface area contributed by atoms with Gasteiger partial charge < -0.3 is 14.8 Å². The summed E-state index contributed by atoms with van der Waals surface area (Å²) < 4.78 is 39.8. The van der Waals surface area contributed by atoms with Crippen molar-refractivity contribution >= 4 is 11.7 Å². The predicted molar refractivity (Wildman–Crippen MR) is 87.7 cm³/mol. The van der Waals surface area contributed by atoms with E-state index >= 15 is 0 Å². The Morgan fingerprint density at radius 1 is 1.15 bits per heavy atom. The molecule has 1 atom stereocenters. The van der Waals surface area contributed by atoms with Crippen LogP contribution in [0.1, 0.15) is 42.6 Å². The molecule has 1 aliphatic heterocycles. The molecule has 0 radical (unpaired) electrons.